The summed E-state index contributed by atoms with van der Waals surface area (Å²) in [6, 6.07) is 0.846. The Morgan fingerprint density at radius 2 is 2.03 bits per heavy atom. The number of ether oxygens (including phenoxy) is 2. The van der Waals surface area contributed by atoms with E-state index in [1.807, 2.05) is 6.07 Å². The number of anilines is 1. The lowest BCUT2D eigenvalue weighted by Gasteiger charge is -2.33. The summed E-state index contributed by atoms with van der Waals surface area (Å²) >= 11 is 1.15. The monoisotopic (exact) mass is 533 g/mol. The number of hydrogen-bond acceptors (Lipinski definition) is 9. The molecule has 198 valence electrons. The second kappa shape index (κ2) is 9.53. The zero-order chi connectivity index (χ0) is 26.5. The molecule has 2 fully saturated rings. The molecule has 3 N–H and O–H groups in total. The molecule has 3 amide bonds. The Bertz CT molecular complexity index is 1260. The molecule has 2 aromatic heterocycles. The van der Waals surface area contributed by atoms with Gasteiger partial charge in [0.25, 0.3) is 5.91 Å². The minimum atomic E-state index is -1.46. The molecule has 5 rings (SSSR count). The van der Waals surface area contributed by atoms with Crippen molar-refractivity contribution in [2.75, 3.05) is 18.5 Å². The highest BCUT2D eigenvalue weighted by atomic mass is 32.1. The zero-order valence-corrected chi connectivity index (χ0v) is 21.5. The molecule has 2 atom stereocenters. The van der Waals surface area contributed by atoms with Crippen molar-refractivity contribution in [3.05, 3.63) is 28.7 Å². The summed E-state index contributed by atoms with van der Waals surface area (Å²) in [5.41, 5.74) is 0.292. The largest absolute Gasteiger partial charge is 0.465 e. The second-order valence-corrected chi connectivity index (χ2v) is 11.2. The van der Waals surface area contributed by atoms with Gasteiger partial charge in [-0.15, -0.1) is 0 Å². The molecule has 0 unspecified atom stereocenters. The maximum Gasteiger partial charge on any atom is 0.414 e. The second-order valence-electron chi connectivity index (χ2n) is 10.4. The first kappa shape index (κ1) is 25.3. The fourth-order valence-electron chi connectivity index (χ4n) is 4.44. The molecule has 1 saturated heterocycles. The van der Waals surface area contributed by atoms with Crippen molar-refractivity contribution in [1.82, 2.24) is 19.6 Å². The number of amides is 3. The number of imide groups is 1. The predicted octanol–water partition coefficient (Wildman–Crippen LogP) is 3.95. The highest BCUT2D eigenvalue weighted by Crippen LogP contribution is 2.43. The molecule has 0 bridgehead atoms. The Balaban J connectivity index is 1.48. The number of nitrogens with one attached hydrogen (secondary N) is 2. The smallest absolute Gasteiger partial charge is 0.414 e. The molecule has 0 aromatic carbocycles. The lowest BCUT2D eigenvalue weighted by atomic mass is 10.0. The third-order valence-corrected chi connectivity index (χ3v) is 7.19. The van der Waals surface area contributed by atoms with Crippen LogP contribution in [0.3, 0.4) is 0 Å². The van der Waals surface area contributed by atoms with Crippen molar-refractivity contribution < 1.29 is 33.4 Å². The number of fused-ring (bicyclic) bond motifs is 1. The highest BCUT2D eigenvalue weighted by Gasteiger charge is 2.40. The first-order valence-corrected chi connectivity index (χ1v) is 12.9. The van der Waals surface area contributed by atoms with Crippen LogP contribution in [0.5, 0.6) is 0 Å². The van der Waals surface area contributed by atoms with Gasteiger partial charge < -0.3 is 25.2 Å². The first-order chi connectivity index (χ1) is 17.5. The molecular weight excluding hydrogens is 505 g/mol. The molecule has 0 radical (unpaired) electrons. The normalized spacial score (nSPS) is 21.5. The predicted molar refractivity (Wildman–Crippen MR) is 131 cm³/mol. The van der Waals surface area contributed by atoms with Crippen LogP contribution < -0.4 is 10.6 Å². The van der Waals surface area contributed by atoms with Gasteiger partial charge in [-0.3, -0.25) is 4.79 Å². The molecule has 11 nitrogen and oxygen atoms in total. The first-order valence-electron chi connectivity index (χ1n) is 12.1. The van der Waals surface area contributed by atoms with Crippen molar-refractivity contribution in [2.24, 2.45) is 0 Å². The Hall–Kier alpha value is -3.32. The van der Waals surface area contributed by atoms with Crippen LogP contribution in [-0.2, 0) is 16.0 Å². The summed E-state index contributed by atoms with van der Waals surface area (Å²) in [6.07, 6.45) is 0.423. The third-order valence-electron chi connectivity index (χ3n) is 6.38. The van der Waals surface area contributed by atoms with Gasteiger partial charge in [-0.2, -0.15) is 4.37 Å². The van der Waals surface area contributed by atoms with E-state index in [-0.39, 0.29) is 29.2 Å². The summed E-state index contributed by atoms with van der Waals surface area (Å²) < 4.78 is 31.1. The minimum absolute atomic E-state index is 0.0371. The van der Waals surface area contributed by atoms with Crippen LogP contribution in [0.15, 0.2) is 6.07 Å². The van der Waals surface area contributed by atoms with E-state index >= 15 is 4.39 Å². The lowest BCUT2D eigenvalue weighted by molar-refractivity contribution is 0.0317. The van der Waals surface area contributed by atoms with Crippen LogP contribution in [0.25, 0.3) is 10.6 Å². The van der Waals surface area contributed by atoms with Crippen LogP contribution in [0, 0.1) is 5.82 Å². The van der Waals surface area contributed by atoms with Crippen molar-refractivity contribution in [3.8, 4) is 10.6 Å². The minimum Gasteiger partial charge on any atom is -0.465 e. The van der Waals surface area contributed by atoms with E-state index in [4.69, 9.17) is 9.47 Å². The van der Waals surface area contributed by atoms with E-state index in [2.05, 4.69) is 20.0 Å². The van der Waals surface area contributed by atoms with Gasteiger partial charge in [0.1, 0.15) is 5.60 Å². The van der Waals surface area contributed by atoms with Gasteiger partial charge >= 0.3 is 12.2 Å². The van der Waals surface area contributed by atoms with Crippen molar-refractivity contribution in [2.45, 2.75) is 70.2 Å². The van der Waals surface area contributed by atoms with E-state index in [1.165, 1.54) is 0 Å². The summed E-state index contributed by atoms with van der Waals surface area (Å²) in [5, 5.41) is 15.3. The maximum absolute atomic E-state index is 15.7. The molecule has 2 aromatic rings. The number of pyridine rings is 1. The van der Waals surface area contributed by atoms with Crippen LogP contribution >= 0.6 is 11.5 Å². The number of rotatable bonds is 5. The molecule has 3 aliphatic rings. The number of aromatic nitrogens is 2. The Morgan fingerprint density at radius 1 is 1.27 bits per heavy atom. The summed E-state index contributed by atoms with van der Waals surface area (Å²) in [7, 11) is 0. The fraction of sp³-hybridized carbons (Fsp3) is 0.542. The highest BCUT2D eigenvalue weighted by molar-refractivity contribution is 7.09. The van der Waals surface area contributed by atoms with E-state index < -0.39 is 48.1 Å². The molecule has 1 aliphatic carbocycles. The zero-order valence-electron chi connectivity index (χ0n) is 20.7. The van der Waals surface area contributed by atoms with Crippen LogP contribution in [-0.4, -0.2) is 68.4 Å². The standard InChI is InChI=1S/C24H28FN5O6S/c1-24(2,3)36-22(32)27-15-10-35-7-6-13(15)26-20-18(25)12-9-30(23(33)34)21(31)17(12)19(28-20)16-8-14(29-37-16)11-4-5-11/h8,11,13,15H,4-7,9-10H2,1-3H3,(H,26,28)(H,27,32)(H,33,34)/t13-,15+/m1/s1. The molecule has 13 heteroatoms. The number of hydrogen-bond donors (Lipinski definition) is 3. The lowest BCUT2D eigenvalue weighted by Crippen LogP contribution is -2.53. The summed E-state index contributed by atoms with van der Waals surface area (Å²) in [6.45, 7) is 5.40. The Morgan fingerprint density at radius 3 is 2.70 bits per heavy atom. The van der Waals surface area contributed by atoms with Gasteiger partial charge in [0.2, 0.25) is 0 Å². The average Bonchev–Trinajstić information content (AvgIpc) is 3.43. The van der Waals surface area contributed by atoms with E-state index in [0.29, 0.717) is 28.7 Å². The molecule has 4 heterocycles. The van der Waals surface area contributed by atoms with Crippen molar-refractivity contribution in [1.29, 1.82) is 0 Å². The van der Waals surface area contributed by atoms with Crippen molar-refractivity contribution >= 4 is 35.4 Å². The van der Waals surface area contributed by atoms with Gasteiger partial charge in [0.05, 0.1) is 47.1 Å². The SMILES string of the molecule is CC(C)(C)OC(=O)N[C@H]1COCC[C@H]1Nc1nc(-c2cc(C3CC3)ns2)c2c(c1F)CN(C(=O)O)C2=O. The number of carboxylic acid groups (broad SMARTS) is 1. The average molecular weight is 534 g/mol. The van der Waals surface area contributed by atoms with Crippen LogP contribution in [0.1, 0.15) is 67.6 Å². The third kappa shape index (κ3) is 5.23. The van der Waals surface area contributed by atoms with E-state index in [9.17, 15) is 19.5 Å². The number of carbonyl (C=O) groups is 3. The fourth-order valence-corrected chi connectivity index (χ4v) is 5.26. The van der Waals surface area contributed by atoms with Gasteiger partial charge in [-0.1, -0.05) is 0 Å². The summed E-state index contributed by atoms with van der Waals surface area (Å²) in [4.78, 5) is 42.6. The maximum atomic E-state index is 15.7. The van der Waals surface area contributed by atoms with Gasteiger partial charge in [-0.05, 0) is 57.6 Å². The molecule has 2 aliphatic heterocycles. The number of alkyl carbamates (subject to hydrolysis) is 1. The molecule has 1 saturated carbocycles. The quantitative estimate of drug-likeness (QED) is 0.520. The van der Waals surface area contributed by atoms with Crippen LogP contribution in [0.4, 0.5) is 19.8 Å². The Kier molecular flexibility index (Phi) is 6.52. The molecule has 37 heavy (non-hydrogen) atoms. The van der Waals surface area contributed by atoms with Gasteiger partial charge in [-0.25, -0.2) is 23.9 Å². The summed E-state index contributed by atoms with van der Waals surface area (Å²) in [5.74, 6) is -1.38. The van der Waals surface area contributed by atoms with E-state index in [0.717, 1.165) is 30.1 Å². The van der Waals surface area contributed by atoms with Gasteiger partial charge in [0, 0.05) is 18.1 Å². The van der Waals surface area contributed by atoms with Crippen molar-refractivity contribution in [3.63, 3.8) is 0 Å². The number of halogens is 1. The number of carbonyl (C=O) groups excluding carboxylic acids is 2. The Labute approximate surface area is 216 Å². The topological polar surface area (TPSA) is 143 Å². The van der Waals surface area contributed by atoms with Gasteiger partial charge in [0.15, 0.2) is 11.6 Å². The van der Waals surface area contributed by atoms with E-state index in [1.54, 1.807) is 20.8 Å². The molecular formula is C24H28FN5O6S. The molecule has 0 spiro atoms. The van der Waals surface area contributed by atoms with Crippen LogP contribution in [0.2, 0.25) is 0 Å². The number of nitrogens with zero attached hydrogens (tertiary/aromatic N) is 3.